The van der Waals surface area contributed by atoms with Crippen LogP contribution in [0.4, 0.5) is 0 Å². The van der Waals surface area contributed by atoms with Gasteiger partial charge in [0.25, 0.3) is 11.5 Å². The summed E-state index contributed by atoms with van der Waals surface area (Å²) in [7, 11) is 0. The third-order valence-corrected chi connectivity index (χ3v) is 4.92. The van der Waals surface area contributed by atoms with Crippen molar-refractivity contribution in [3.63, 3.8) is 0 Å². The van der Waals surface area contributed by atoms with Gasteiger partial charge in [-0.2, -0.15) is 10.2 Å². The number of phenolic OH excluding ortho intramolecular Hbond substituents is 1. The van der Waals surface area contributed by atoms with Crippen LogP contribution in [-0.2, 0) is 6.54 Å². The van der Waals surface area contributed by atoms with E-state index < -0.39 is 5.91 Å². The zero-order valence-electron chi connectivity index (χ0n) is 17.9. The second-order valence-corrected chi connectivity index (χ2v) is 7.20. The molecule has 0 atom stereocenters. The van der Waals surface area contributed by atoms with Crippen molar-refractivity contribution in [3.8, 4) is 11.5 Å². The van der Waals surface area contributed by atoms with Gasteiger partial charge in [0.1, 0.15) is 0 Å². The fourth-order valence-electron chi connectivity index (χ4n) is 3.37. The summed E-state index contributed by atoms with van der Waals surface area (Å²) in [6.07, 6.45) is 1.43. The summed E-state index contributed by atoms with van der Waals surface area (Å²) in [6.45, 7) is 2.46. The van der Waals surface area contributed by atoms with Gasteiger partial charge in [-0.25, -0.2) is 10.1 Å². The largest absolute Gasteiger partial charge is 0.504 e. The molecule has 2 N–H and O–H groups in total. The summed E-state index contributed by atoms with van der Waals surface area (Å²) >= 11 is 0. The van der Waals surface area contributed by atoms with E-state index in [-0.39, 0.29) is 23.5 Å². The Bertz CT molecular complexity index is 1380. The number of rotatable bonds is 7. The molecule has 0 aliphatic rings. The normalized spacial score (nSPS) is 11.1. The number of fused-ring (bicyclic) bond motifs is 1. The number of hydrazone groups is 1. The number of carbonyl (C=O) groups is 1. The second kappa shape index (κ2) is 9.78. The van der Waals surface area contributed by atoms with Gasteiger partial charge in [-0.05, 0) is 42.3 Å². The van der Waals surface area contributed by atoms with Crippen LogP contribution in [0.15, 0.2) is 82.7 Å². The molecule has 0 bridgehead atoms. The van der Waals surface area contributed by atoms with E-state index in [1.165, 1.54) is 17.0 Å². The number of amides is 1. The Morgan fingerprint density at radius 3 is 2.58 bits per heavy atom. The number of carbonyl (C=O) groups excluding carboxylic acids is 1. The lowest BCUT2D eigenvalue weighted by Crippen LogP contribution is -2.29. The van der Waals surface area contributed by atoms with Crippen molar-refractivity contribution in [2.24, 2.45) is 5.10 Å². The van der Waals surface area contributed by atoms with E-state index in [0.717, 1.165) is 5.56 Å². The number of nitrogens with one attached hydrogen (secondary N) is 1. The third-order valence-electron chi connectivity index (χ3n) is 4.92. The minimum absolute atomic E-state index is 0.0226. The number of hydrogen-bond donors (Lipinski definition) is 2. The molecule has 0 fully saturated rings. The molecule has 1 amide bonds. The highest BCUT2D eigenvalue weighted by atomic mass is 16.5. The predicted octanol–water partition coefficient (Wildman–Crippen LogP) is 3.31. The first-order valence-corrected chi connectivity index (χ1v) is 10.4. The molecule has 3 aromatic carbocycles. The maximum Gasteiger partial charge on any atom is 0.292 e. The summed E-state index contributed by atoms with van der Waals surface area (Å²) < 4.78 is 6.64. The highest BCUT2D eigenvalue weighted by molar-refractivity contribution is 6.05. The number of aromatic hydroxyl groups is 1. The quantitative estimate of drug-likeness (QED) is 0.337. The molecule has 33 heavy (non-hydrogen) atoms. The van der Waals surface area contributed by atoms with Gasteiger partial charge in [0.05, 0.1) is 24.8 Å². The number of phenols is 1. The van der Waals surface area contributed by atoms with Crippen LogP contribution in [0.1, 0.15) is 28.5 Å². The van der Waals surface area contributed by atoms with Crippen molar-refractivity contribution in [2.45, 2.75) is 13.5 Å². The molecular weight excluding hydrogens is 420 g/mol. The standard InChI is InChI=1S/C25H22N4O4/c1-2-33-22-14-18(12-13-21(22)30)15-26-27-24(31)23-19-10-6-7-11-20(19)25(32)29(28-23)16-17-8-4-3-5-9-17/h3-15,30H,2,16H2,1H3,(H,27,31)/b26-15+. The first kappa shape index (κ1) is 21.8. The van der Waals surface area contributed by atoms with Gasteiger partial charge in [-0.15, -0.1) is 0 Å². The Morgan fingerprint density at radius 1 is 1.09 bits per heavy atom. The zero-order chi connectivity index (χ0) is 23.2. The SMILES string of the molecule is CCOc1cc(/C=N/NC(=O)c2nn(Cc3ccccc3)c(=O)c3ccccc23)ccc1O. The first-order chi connectivity index (χ1) is 16.1. The third kappa shape index (κ3) is 4.90. The summed E-state index contributed by atoms with van der Waals surface area (Å²) in [4.78, 5) is 25.8. The number of nitrogens with zero attached hydrogens (tertiary/aromatic N) is 3. The Hall–Kier alpha value is -4.46. The van der Waals surface area contributed by atoms with Crippen molar-refractivity contribution in [3.05, 3.63) is 100.0 Å². The highest BCUT2D eigenvalue weighted by Gasteiger charge is 2.16. The van der Waals surface area contributed by atoms with Crippen LogP contribution in [0.25, 0.3) is 10.8 Å². The molecule has 4 rings (SSSR count). The smallest absolute Gasteiger partial charge is 0.292 e. The summed E-state index contributed by atoms with van der Waals surface area (Å²) in [5.74, 6) is -0.198. The fourth-order valence-corrected chi connectivity index (χ4v) is 3.37. The van der Waals surface area contributed by atoms with Crippen LogP contribution in [0, 0.1) is 0 Å². The molecule has 4 aromatic rings. The number of benzene rings is 3. The lowest BCUT2D eigenvalue weighted by atomic mass is 10.1. The van der Waals surface area contributed by atoms with Gasteiger partial charge in [-0.3, -0.25) is 9.59 Å². The van der Waals surface area contributed by atoms with Crippen molar-refractivity contribution < 1.29 is 14.6 Å². The number of aromatic nitrogens is 2. The average molecular weight is 442 g/mol. The first-order valence-electron chi connectivity index (χ1n) is 10.4. The van der Waals surface area contributed by atoms with Crippen LogP contribution in [0.2, 0.25) is 0 Å². The topological polar surface area (TPSA) is 106 Å². The van der Waals surface area contributed by atoms with Gasteiger partial charge in [0, 0.05) is 5.39 Å². The molecule has 0 saturated carbocycles. The average Bonchev–Trinajstić information content (AvgIpc) is 2.83. The summed E-state index contributed by atoms with van der Waals surface area (Å²) in [6, 6.07) is 21.0. The lowest BCUT2D eigenvalue weighted by molar-refractivity contribution is 0.0949. The second-order valence-electron chi connectivity index (χ2n) is 7.20. The van der Waals surface area contributed by atoms with Crippen LogP contribution >= 0.6 is 0 Å². The molecule has 0 radical (unpaired) electrons. The van der Waals surface area contributed by atoms with E-state index in [1.807, 2.05) is 37.3 Å². The van der Waals surface area contributed by atoms with Crippen molar-refractivity contribution in [1.82, 2.24) is 15.2 Å². The zero-order valence-corrected chi connectivity index (χ0v) is 17.9. The predicted molar refractivity (Wildman–Crippen MR) is 126 cm³/mol. The van der Waals surface area contributed by atoms with E-state index in [4.69, 9.17) is 4.74 Å². The minimum Gasteiger partial charge on any atom is -0.504 e. The van der Waals surface area contributed by atoms with Crippen molar-refractivity contribution in [2.75, 3.05) is 6.61 Å². The van der Waals surface area contributed by atoms with Gasteiger partial charge >= 0.3 is 0 Å². The molecular formula is C25H22N4O4. The Morgan fingerprint density at radius 2 is 1.82 bits per heavy atom. The molecule has 0 unspecified atom stereocenters. The molecule has 1 aromatic heterocycles. The molecule has 1 heterocycles. The molecule has 0 aliphatic carbocycles. The lowest BCUT2D eigenvalue weighted by Gasteiger charge is -2.10. The Kier molecular flexibility index (Phi) is 6.45. The van der Waals surface area contributed by atoms with Crippen LogP contribution < -0.4 is 15.7 Å². The summed E-state index contributed by atoms with van der Waals surface area (Å²) in [5.41, 5.74) is 3.81. The van der Waals surface area contributed by atoms with Gasteiger partial charge < -0.3 is 9.84 Å². The van der Waals surface area contributed by atoms with Crippen molar-refractivity contribution >= 4 is 22.9 Å². The van der Waals surface area contributed by atoms with E-state index in [0.29, 0.717) is 28.7 Å². The Balaban J connectivity index is 1.62. The van der Waals surface area contributed by atoms with Crippen LogP contribution in [0.3, 0.4) is 0 Å². The number of ether oxygens (including phenoxy) is 1. The minimum atomic E-state index is -0.548. The molecule has 0 aliphatic heterocycles. The van der Waals surface area contributed by atoms with Crippen LogP contribution in [-0.4, -0.2) is 33.6 Å². The monoisotopic (exact) mass is 442 g/mol. The van der Waals surface area contributed by atoms with E-state index in [1.54, 1.807) is 36.4 Å². The summed E-state index contributed by atoms with van der Waals surface area (Å²) in [5, 5.41) is 19.0. The van der Waals surface area contributed by atoms with Crippen LogP contribution in [0.5, 0.6) is 11.5 Å². The van der Waals surface area contributed by atoms with E-state index in [9.17, 15) is 14.7 Å². The van der Waals surface area contributed by atoms with Gasteiger partial charge in [0.2, 0.25) is 0 Å². The molecule has 8 heteroatoms. The maximum atomic E-state index is 12.9. The molecule has 0 saturated heterocycles. The van der Waals surface area contributed by atoms with E-state index in [2.05, 4.69) is 15.6 Å². The molecule has 8 nitrogen and oxygen atoms in total. The molecule has 0 spiro atoms. The maximum absolute atomic E-state index is 12.9. The molecule has 166 valence electrons. The fraction of sp³-hybridized carbons (Fsp3) is 0.120. The van der Waals surface area contributed by atoms with Gasteiger partial charge in [-0.1, -0.05) is 48.5 Å². The van der Waals surface area contributed by atoms with Crippen molar-refractivity contribution in [1.29, 1.82) is 0 Å². The van der Waals surface area contributed by atoms with E-state index >= 15 is 0 Å². The Labute approximate surface area is 189 Å². The number of hydrogen-bond acceptors (Lipinski definition) is 6. The highest BCUT2D eigenvalue weighted by Crippen LogP contribution is 2.26. The van der Waals surface area contributed by atoms with Gasteiger partial charge in [0.15, 0.2) is 17.2 Å².